The number of carbonyl (C=O) groups excluding carboxylic acids is 2. The number of hydrogen-bond acceptors (Lipinski definition) is 5. The molecule has 2 aliphatic rings. The SMILES string of the molecule is CC(C)[C@H](NC(=O)OCC1c2ccccc2-c2ccccc21)C(=O)N1CCOC(C)(C(=O)O)C1. The average molecular weight is 467 g/mol. The molecule has 2 aromatic rings. The van der Waals surface area contributed by atoms with Gasteiger partial charge >= 0.3 is 12.1 Å². The highest BCUT2D eigenvalue weighted by Gasteiger charge is 2.42. The molecule has 2 aromatic carbocycles. The number of morpholine rings is 1. The highest BCUT2D eigenvalue weighted by Crippen LogP contribution is 2.44. The summed E-state index contributed by atoms with van der Waals surface area (Å²) in [4.78, 5) is 38.9. The van der Waals surface area contributed by atoms with Crippen molar-refractivity contribution in [1.82, 2.24) is 10.2 Å². The Hall–Kier alpha value is -3.39. The maximum atomic E-state index is 13.2. The zero-order chi connectivity index (χ0) is 24.5. The molecule has 180 valence electrons. The van der Waals surface area contributed by atoms with E-state index in [1.165, 1.54) is 11.8 Å². The lowest BCUT2D eigenvalue weighted by Crippen LogP contribution is -2.60. The third kappa shape index (κ3) is 4.50. The molecule has 34 heavy (non-hydrogen) atoms. The quantitative estimate of drug-likeness (QED) is 0.677. The van der Waals surface area contributed by atoms with Crippen LogP contribution in [-0.4, -0.2) is 65.9 Å². The van der Waals surface area contributed by atoms with Crippen LogP contribution in [0.4, 0.5) is 4.79 Å². The second-order valence-electron chi connectivity index (χ2n) is 9.34. The van der Waals surface area contributed by atoms with Gasteiger partial charge in [0.2, 0.25) is 5.91 Å². The van der Waals surface area contributed by atoms with Crippen molar-refractivity contribution in [1.29, 1.82) is 0 Å². The van der Waals surface area contributed by atoms with Crippen molar-refractivity contribution in [2.45, 2.75) is 38.3 Å². The van der Waals surface area contributed by atoms with Crippen LogP contribution < -0.4 is 5.32 Å². The second-order valence-corrected chi connectivity index (χ2v) is 9.34. The number of carboxylic acids is 1. The Balaban J connectivity index is 1.42. The van der Waals surface area contributed by atoms with Crippen molar-refractivity contribution in [3.05, 3.63) is 59.7 Å². The molecule has 8 nitrogen and oxygen atoms in total. The second kappa shape index (κ2) is 9.46. The smallest absolute Gasteiger partial charge is 0.407 e. The maximum Gasteiger partial charge on any atom is 0.407 e. The Morgan fingerprint density at radius 2 is 1.71 bits per heavy atom. The van der Waals surface area contributed by atoms with Gasteiger partial charge in [-0.05, 0) is 35.1 Å². The van der Waals surface area contributed by atoms with E-state index in [0.717, 1.165) is 22.3 Å². The summed E-state index contributed by atoms with van der Waals surface area (Å²) in [6.45, 7) is 5.52. The van der Waals surface area contributed by atoms with Crippen LogP contribution in [0, 0.1) is 5.92 Å². The molecule has 1 aliphatic heterocycles. The first-order chi connectivity index (χ1) is 16.2. The van der Waals surface area contributed by atoms with Gasteiger partial charge in [0.25, 0.3) is 0 Å². The van der Waals surface area contributed by atoms with Crippen molar-refractivity contribution in [3.8, 4) is 11.1 Å². The molecule has 1 fully saturated rings. The van der Waals surface area contributed by atoms with E-state index in [-0.39, 0.29) is 44.0 Å². The Bertz CT molecular complexity index is 1050. The minimum atomic E-state index is -1.47. The number of hydrogen-bond donors (Lipinski definition) is 2. The van der Waals surface area contributed by atoms with Crippen LogP contribution in [0.3, 0.4) is 0 Å². The van der Waals surface area contributed by atoms with Gasteiger partial charge in [0.15, 0.2) is 5.60 Å². The third-order valence-corrected chi connectivity index (χ3v) is 6.59. The first kappa shape index (κ1) is 23.8. The van der Waals surface area contributed by atoms with Crippen LogP contribution in [0.5, 0.6) is 0 Å². The first-order valence-electron chi connectivity index (χ1n) is 11.5. The van der Waals surface area contributed by atoms with Gasteiger partial charge in [0.1, 0.15) is 12.6 Å². The number of ether oxygens (including phenoxy) is 2. The predicted molar refractivity (Wildman–Crippen MR) is 125 cm³/mol. The molecule has 0 saturated carbocycles. The van der Waals surface area contributed by atoms with Gasteiger partial charge in [-0.25, -0.2) is 9.59 Å². The number of benzene rings is 2. The summed E-state index contributed by atoms with van der Waals surface area (Å²) in [6.07, 6.45) is -0.678. The van der Waals surface area contributed by atoms with Gasteiger partial charge in [-0.3, -0.25) is 4.79 Å². The van der Waals surface area contributed by atoms with Gasteiger partial charge in [0.05, 0.1) is 13.2 Å². The fourth-order valence-electron chi connectivity index (χ4n) is 4.66. The summed E-state index contributed by atoms with van der Waals surface area (Å²) >= 11 is 0. The number of nitrogens with zero attached hydrogens (tertiary/aromatic N) is 1. The van der Waals surface area contributed by atoms with Crippen molar-refractivity contribution >= 4 is 18.0 Å². The fourth-order valence-corrected chi connectivity index (χ4v) is 4.66. The lowest BCUT2D eigenvalue weighted by Gasteiger charge is -2.39. The van der Waals surface area contributed by atoms with Crippen molar-refractivity contribution in [2.24, 2.45) is 5.92 Å². The normalized spacial score (nSPS) is 20.4. The summed E-state index contributed by atoms with van der Waals surface area (Å²) in [6, 6.07) is 15.3. The van der Waals surface area contributed by atoms with Crippen LogP contribution in [0.2, 0.25) is 0 Å². The van der Waals surface area contributed by atoms with Crippen LogP contribution >= 0.6 is 0 Å². The maximum absolute atomic E-state index is 13.2. The summed E-state index contributed by atoms with van der Waals surface area (Å²) < 4.78 is 11.0. The number of aliphatic carboxylic acids is 1. The number of rotatable bonds is 6. The summed E-state index contributed by atoms with van der Waals surface area (Å²) in [5.41, 5.74) is 3.01. The van der Waals surface area contributed by atoms with Gasteiger partial charge < -0.3 is 24.8 Å². The van der Waals surface area contributed by atoms with E-state index in [4.69, 9.17) is 9.47 Å². The Morgan fingerprint density at radius 3 is 2.26 bits per heavy atom. The molecule has 0 bridgehead atoms. The molecule has 2 N–H and O–H groups in total. The van der Waals surface area contributed by atoms with Gasteiger partial charge in [-0.15, -0.1) is 0 Å². The molecule has 1 aliphatic carbocycles. The number of carbonyl (C=O) groups is 3. The van der Waals surface area contributed by atoms with E-state index in [9.17, 15) is 19.5 Å². The van der Waals surface area contributed by atoms with Gasteiger partial charge in [0, 0.05) is 12.5 Å². The zero-order valence-corrected chi connectivity index (χ0v) is 19.6. The minimum Gasteiger partial charge on any atom is -0.479 e. The van der Waals surface area contributed by atoms with E-state index in [1.54, 1.807) is 0 Å². The monoisotopic (exact) mass is 466 g/mol. The highest BCUT2D eigenvalue weighted by molar-refractivity contribution is 5.87. The molecule has 2 amide bonds. The van der Waals surface area contributed by atoms with E-state index in [0.29, 0.717) is 0 Å². The van der Waals surface area contributed by atoms with Crippen LogP contribution in [0.15, 0.2) is 48.5 Å². The Kier molecular flexibility index (Phi) is 6.61. The van der Waals surface area contributed by atoms with Crippen LogP contribution in [0.25, 0.3) is 11.1 Å². The molecule has 4 rings (SSSR count). The number of alkyl carbamates (subject to hydrolysis) is 1. The predicted octanol–water partition coefficient (Wildman–Crippen LogP) is 3.25. The van der Waals surface area contributed by atoms with Crippen LogP contribution in [-0.2, 0) is 19.1 Å². The third-order valence-electron chi connectivity index (χ3n) is 6.59. The largest absolute Gasteiger partial charge is 0.479 e. The van der Waals surface area contributed by atoms with Crippen molar-refractivity contribution in [2.75, 3.05) is 26.3 Å². The lowest BCUT2D eigenvalue weighted by molar-refractivity contribution is -0.177. The number of amides is 2. The standard InChI is InChI=1S/C26H30N2O6/c1-16(2)22(23(29)28-12-13-34-26(3,15-28)24(30)31)27-25(32)33-14-21-19-10-6-4-8-17(19)18-9-5-7-11-20(18)21/h4-11,16,21-22H,12-15H2,1-3H3,(H,27,32)(H,30,31)/t22-,26?/m0/s1. The number of nitrogens with one attached hydrogen (secondary N) is 1. The molecule has 0 radical (unpaired) electrons. The number of carboxylic acid groups (broad SMARTS) is 1. The van der Waals surface area contributed by atoms with Crippen molar-refractivity contribution < 1.29 is 29.0 Å². The fraction of sp³-hybridized carbons (Fsp3) is 0.423. The van der Waals surface area contributed by atoms with E-state index in [1.807, 2.05) is 50.2 Å². The van der Waals surface area contributed by atoms with E-state index >= 15 is 0 Å². The zero-order valence-electron chi connectivity index (χ0n) is 19.6. The summed E-state index contributed by atoms with van der Waals surface area (Å²) in [5.74, 6) is -1.77. The molecule has 2 atom stereocenters. The molecule has 8 heteroatoms. The first-order valence-corrected chi connectivity index (χ1v) is 11.5. The molecule has 0 aromatic heterocycles. The molecule has 0 spiro atoms. The Labute approximate surface area is 198 Å². The molecular formula is C26H30N2O6. The van der Waals surface area contributed by atoms with E-state index in [2.05, 4.69) is 17.4 Å². The molecule has 1 saturated heterocycles. The Morgan fingerprint density at radius 1 is 1.12 bits per heavy atom. The summed E-state index contributed by atoms with van der Waals surface area (Å²) in [5, 5.41) is 12.2. The van der Waals surface area contributed by atoms with Crippen LogP contribution in [0.1, 0.15) is 37.8 Å². The summed E-state index contributed by atoms with van der Waals surface area (Å²) in [7, 11) is 0. The molecule has 1 unspecified atom stereocenters. The minimum absolute atomic E-state index is 0.0816. The van der Waals surface area contributed by atoms with Gasteiger partial charge in [-0.1, -0.05) is 62.4 Å². The van der Waals surface area contributed by atoms with Gasteiger partial charge in [-0.2, -0.15) is 0 Å². The average Bonchev–Trinajstić information content (AvgIpc) is 3.14. The highest BCUT2D eigenvalue weighted by atomic mass is 16.5. The lowest BCUT2D eigenvalue weighted by atomic mass is 9.98. The molecular weight excluding hydrogens is 436 g/mol. The molecule has 1 heterocycles. The van der Waals surface area contributed by atoms with Crippen molar-refractivity contribution in [3.63, 3.8) is 0 Å². The topological polar surface area (TPSA) is 105 Å². The number of fused-ring (bicyclic) bond motifs is 3. The van der Waals surface area contributed by atoms with E-state index < -0.39 is 23.7 Å².